The van der Waals surface area contributed by atoms with Crippen molar-refractivity contribution in [2.45, 2.75) is 140 Å². The molecule has 51 heavy (non-hydrogen) atoms. The monoisotopic (exact) mass is 742 g/mol. The number of hydrogen-bond donors (Lipinski definition) is 6. The van der Waals surface area contributed by atoms with Gasteiger partial charge in [0.2, 0.25) is 0 Å². The Bertz CT molecular complexity index is 955. The number of rotatable bonds is 23. The molecule has 0 aromatic rings. The topological polar surface area (TPSA) is 214 Å². The van der Waals surface area contributed by atoms with E-state index >= 15 is 0 Å². The minimum atomic E-state index is -1.08. The lowest BCUT2D eigenvalue weighted by atomic mass is 9.78. The van der Waals surface area contributed by atoms with Crippen molar-refractivity contribution < 1.29 is 78.0 Å². The lowest BCUT2D eigenvalue weighted by Gasteiger charge is -2.54. The molecule has 3 aliphatic heterocycles. The summed E-state index contributed by atoms with van der Waals surface area (Å²) in [6.45, 7) is 12.4. The smallest absolute Gasteiger partial charge is 0.117 e. The van der Waals surface area contributed by atoms with E-state index in [1.165, 1.54) is 0 Å². The van der Waals surface area contributed by atoms with Gasteiger partial charge in [-0.25, -0.2) is 0 Å². The second-order valence-corrected chi connectivity index (χ2v) is 14.9. The third-order valence-electron chi connectivity index (χ3n) is 9.26. The quantitative estimate of drug-likeness (QED) is 0.0745. The molecule has 6 N–H and O–H groups in total. The highest BCUT2D eigenvalue weighted by Crippen LogP contribution is 2.41. The van der Waals surface area contributed by atoms with Gasteiger partial charge in [0, 0.05) is 18.9 Å². The molecule has 0 aliphatic carbocycles. The van der Waals surface area contributed by atoms with Crippen LogP contribution in [0.5, 0.6) is 0 Å². The Morgan fingerprint density at radius 3 is 1.73 bits per heavy atom. The van der Waals surface area contributed by atoms with Crippen molar-refractivity contribution in [3.05, 3.63) is 0 Å². The molecule has 3 heterocycles. The maximum Gasteiger partial charge on any atom is 0.117 e. The van der Waals surface area contributed by atoms with E-state index in [9.17, 15) is 30.6 Å². The number of ether oxygens (including phenoxy) is 10. The highest BCUT2D eigenvalue weighted by molar-refractivity contribution is 5.05. The molecule has 17 unspecified atom stereocenters. The fourth-order valence-electron chi connectivity index (χ4n) is 6.76. The molecule has 17 atom stereocenters. The predicted molar refractivity (Wildman–Crippen MR) is 181 cm³/mol. The van der Waals surface area contributed by atoms with Gasteiger partial charge < -0.3 is 78.0 Å². The Kier molecular flexibility index (Phi) is 18.8. The highest BCUT2D eigenvalue weighted by atomic mass is 16.6. The van der Waals surface area contributed by atoms with Gasteiger partial charge in [0.25, 0.3) is 0 Å². The van der Waals surface area contributed by atoms with E-state index in [1.54, 1.807) is 48.7 Å². The first-order valence-electron chi connectivity index (χ1n) is 18.2. The number of aliphatic hydroxyl groups excluding tert-OH is 6. The van der Waals surface area contributed by atoms with Crippen LogP contribution in [-0.4, -0.2) is 195 Å². The van der Waals surface area contributed by atoms with Gasteiger partial charge >= 0.3 is 0 Å². The van der Waals surface area contributed by atoms with Crippen LogP contribution in [0.2, 0.25) is 0 Å². The standard InChI is InChI=1S/C35H66O16/c1-19(36)9-43-16-27-25(14-42-8)31(46-11-21(3)38)33(47-12-22(4)39)28(51-27)17-44-15-26-29(41)30(45-10-20(2)37)24(6)50-32(26)34-35(7,18-48-34)49-13-23(5)40/h19-34,36-41H,9-18H2,1-8H3. The van der Waals surface area contributed by atoms with Crippen LogP contribution >= 0.6 is 0 Å². The summed E-state index contributed by atoms with van der Waals surface area (Å²) in [4.78, 5) is 0. The van der Waals surface area contributed by atoms with Crippen molar-refractivity contribution in [1.29, 1.82) is 0 Å². The molecule has 3 aliphatic rings. The van der Waals surface area contributed by atoms with Crippen LogP contribution < -0.4 is 0 Å². The normalized spacial score (nSPS) is 38.8. The van der Waals surface area contributed by atoms with E-state index in [-0.39, 0.29) is 66.1 Å². The van der Waals surface area contributed by atoms with E-state index in [4.69, 9.17) is 47.4 Å². The van der Waals surface area contributed by atoms with E-state index in [0.717, 1.165) is 0 Å². The predicted octanol–water partition coefficient (Wildman–Crippen LogP) is -0.952. The summed E-state index contributed by atoms with van der Waals surface area (Å²) in [6.07, 6.45) is -10.1. The zero-order chi connectivity index (χ0) is 37.9. The Labute approximate surface area is 302 Å². The van der Waals surface area contributed by atoms with Gasteiger partial charge in [-0.3, -0.25) is 0 Å². The lowest BCUT2D eigenvalue weighted by molar-refractivity contribution is -0.327. The highest BCUT2D eigenvalue weighted by Gasteiger charge is 2.57. The molecule has 302 valence electrons. The summed E-state index contributed by atoms with van der Waals surface area (Å²) < 4.78 is 61.0. The Hall–Kier alpha value is -0.640. The molecule has 0 spiro atoms. The fraction of sp³-hybridized carbons (Fsp3) is 1.00. The summed E-state index contributed by atoms with van der Waals surface area (Å²) >= 11 is 0. The third-order valence-corrected chi connectivity index (χ3v) is 9.26. The first-order chi connectivity index (χ1) is 24.1. The van der Waals surface area contributed by atoms with E-state index in [2.05, 4.69) is 0 Å². The molecule has 0 amide bonds. The molecular weight excluding hydrogens is 676 g/mol. The molecule has 16 heteroatoms. The Balaban J connectivity index is 1.87. The number of hydrogen-bond acceptors (Lipinski definition) is 16. The zero-order valence-corrected chi connectivity index (χ0v) is 31.6. The van der Waals surface area contributed by atoms with Crippen LogP contribution in [0.1, 0.15) is 48.5 Å². The summed E-state index contributed by atoms with van der Waals surface area (Å²) in [6, 6.07) is 0. The molecular formula is C35H66O16. The summed E-state index contributed by atoms with van der Waals surface area (Å²) in [5.74, 6) is -1.08. The second-order valence-electron chi connectivity index (χ2n) is 14.9. The number of aliphatic hydroxyl groups is 6. The van der Waals surface area contributed by atoms with Crippen molar-refractivity contribution in [2.75, 3.05) is 73.2 Å². The maximum atomic E-state index is 11.7. The largest absolute Gasteiger partial charge is 0.391 e. The molecule has 3 saturated heterocycles. The van der Waals surface area contributed by atoms with Gasteiger partial charge in [-0.15, -0.1) is 0 Å². The zero-order valence-electron chi connectivity index (χ0n) is 31.6. The van der Waals surface area contributed by atoms with Gasteiger partial charge in [-0.2, -0.15) is 0 Å². The van der Waals surface area contributed by atoms with Gasteiger partial charge in [0.05, 0.1) is 127 Å². The SMILES string of the molecule is COCC1C(COCC(C)O)OC(COCC2C(O)C(OCC(C)O)C(C)OC2C2OCC2(C)OCC(C)O)C(OCC(C)O)C1OCC(C)O. The maximum absolute atomic E-state index is 11.7. The van der Waals surface area contributed by atoms with Crippen molar-refractivity contribution in [2.24, 2.45) is 11.8 Å². The van der Waals surface area contributed by atoms with Gasteiger partial charge in [0.1, 0.15) is 30.0 Å². The summed E-state index contributed by atoms with van der Waals surface area (Å²) in [7, 11) is 1.56. The molecule has 0 aromatic heterocycles. The third kappa shape index (κ3) is 13.3. The minimum absolute atomic E-state index is 0.00394. The molecule has 0 saturated carbocycles. The van der Waals surface area contributed by atoms with Crippen LogP contribution in [-0.2, 0) is 47.4 Å². The molecule has 0 radical (unpaired) electrons. The molecule has 0 aromatic carbocycles. The van der Waals surface area contributed by atoms with Crippen LogP contribution in [0, 0.1) is 11.8 Å². The summed E-state index contributed by atoms with van der Waals surface area (Å²) in [5, 5.41) is 61.5. The van der Waals surface area contributed by atoms with Crippen molar-refractivity contribution in [3.8, 4) is 0 Å². The van der Waals surface area contributed by atoms with Gasteiger partial charge in [-0.05, 0) is 48.5 Å². The molecule has 0 bridgehead atoms. The van der Waals surface area contributed by atoms with Crippen molar-refractivity contribution >= 4 is 0 Å². The second kappa shape index (κ2) is 21.5. The van der Waals surface area contributed by atoms with Crippen molar-refractivity contribution in [1.82, 2.24) is 0 Å². The molecule has 3 rings (SSSR count). The van der Waals surface area contributed by atoms with E-state index < -0.39 is 103 Å². The van der Waals surface area contributed by atoms with E-state index in [0.29, 0.717) is 0 Å². The first-order valence-corrected chi connectivity index (χ1v) is 18.2. The van der Waals surface area contributed by atoms with Crippen LogP contribution in [0.4, 0.5) is 0 Å². The lowest BCUT2D eigenvalue weighted by Crippen LogP contribution is -2.69. The minimum Gasteiger partial charge on any atom is -0.391 e. The van der Waals surface area contributed by atoms with Gasteiger partial charge in [0.15, 0.2) is 0 Å². The van der Waals surface area contributed by atoms with Gasteiger partial charge in [-0.1, -0.05) is 0 Å². The average Bonchev–Trinajstić information content (AvgIpc) is 3.03. The fourth-order valence-corrected chi connectivity index (χ4v) is 6.76. The van der Waals surface area contributed by atoms with Crippen LogP contribution in [0.15, 0.2) is 0 Å². The van der Waals surface area contributed by atoms with Crippen LogP contribution in [0.3, 0.4) is 0 Å². The summed E-state index contributed by atoms with van der Waals surface area (Å²) in [5.41, 5.74) is -0.789. The number of methoxy groups -OCH3 is 1. The Morgan fingerprint density at radius 1 is 0.647 bits per heavy atom. The Morgan fingerprint density at radius 2 is 1.20 bits per heavy atom. The average molecular weight is 743 g/mol. The van der Waals surface area contributed by atoms with Crippen molar-refractivity contribution in [3.63, 3.8) is 0 Å². The molecule has 3 fully saturated rings. The first kappa shape index (κ1) is 44.8. The van der Waals surface area contributed by atoms with E-state index in [1.807, 2.05) is 6.92 Å². The molecule has 16 nitrogen and oxygen atoms in total. The van der Waals surface area contributed by atoms with Crippen LogP contribution in [0.25, 0.3) is 0 Å².